The van der Waals surface area contributed by atoms with E-state index in [0.717, 1.165) is 0 Å². The molecule has 22 heavy (non-hydrogen) atoms. The second-order valence-electron chi connectivity index (χ2n) is 5.41. The SMILES string of the molecule is C[C@H]1CN([C@@H](C)C(=O)Nc2ccc(S(N)(=O)=O)cc2)CCO1. The molecule has 2 atom stereocenters. The minimum absolute atomic E-state index is 0.0144. The highest BCUT2D eigenvalue weighted by Crippen LogP contribution is 2.15. The lowest BCUT2D eigenvalue weighted by atomic mass is 10.2. The first-order chi connectivity index (χ1) is 10.3. The van der Waals surface area contributed by atoms with Crippen LogP contribution in [0.25, 0.3) is 0 Å². The number of sulfonamides is 1. The number of primary sulfonamides is 1. The van der Waals surface area contributed by atoms with E-state index in [1.165, 1.54) is 24.3 Å². The molecular weight excluding hydrogens is 306 g/mol. The number of carbonyl (C=O) groups excluding carboxylic acids is 1. The zero-order chi connectivity index (χ0) is 16.3. The van der Waals surface area contributed by atoms with E-state index in [2.05, 4.69) is 10.2 Å². The van der Waals surface area contributed by atoms with Crippen LogP contribution in [0.2, 0.25) is 0 Å². The molecule has 1 fully saturated rings. The minimum Gasteiger partial charge on any atom is -0.376 e. The maximum Gasteiger partial charge on any atom is 0.241 e. The fraction of sp³-hybridized carbons (Fsp3) is 0.500. The number of nitrogens with two attached hydrogens (primary N) is 1. The molecule has 1 aromatic carbocycles. The molecule has 2 rings (SSSR count). The number of nitrogens with one attached hydrogen (secondary N) is 1. The summed E-state index contributed by atoms with van der Waals surface area (Å²) >= 11 is 0. The van der Waals surface area contributed by atoms with Crippen LogP contribution in [0.4, 0.5) is 5.69 Å². The van der Waals surface area contributed by atoms with Gasteiger partial charge in [0.25, 0.3) is 0 Å². The molecule has 8 heteroatoms. The van der Waals surface area contributed by atoms with E-state index in [1.807, 2.05) is 13.8 Å². The topological polar surface area (TPSA) is 102 Å². The summed E-state index contributed by atoms with van der Waals surface area (Å²) < 4.78 is 27.8. The number of rotatable bonds is 4. The Bertz CT molecular complexity index is 630. The van der Waals surface area contributed by atoms with Crippen molar-refractivity contribution in [3.8, 4) is 0 Å². The Labute approximate surface area is 130 Å². The van der Waals surface area contributed by atoms with E-state index in [9.17, 15) is 13.2 Å². The van der Waals surface area contributed by atoms with Gasteiger partial charge >= 0.3 is 0 Å². The first-order valence-electron chi connectivity index (χ1n) is 7.07. The molecule has 1 aromatic rings. The Morgan fingerprint density at radius 3 is 2.59 bits per heavy atom. The van der Waals surface area contributed by atoms with E-state index < -0.39 is 10.0 Å². The van der Waals surface area contributed by atoms with Gasteiger partial charge in [0.1, 0.15) is 0 Å². The summed E-state index contributed by atoms with van der Waals surface area (Å²) in [4.78, 5) is 14.3. The van der Waals surface area contributed by atoms with Gasteiger partial charge in [0.15, 0.2) is 0 Å². The van der Waals surface area contributed by atoms with E-state index in [1.54, 1.807) is 0 Å². The summed E-state index contributed by atoms with van der Waals surface area (Å²) in [7, 11) is -3.72. The molecule has 0 bridgehead atoms. The molecule has 1 aliphatic rings. The number of benzene rings is 1. The maximum absolute atomic E-state index is 12.3. The molecule has 3 N–H and O–H groups in total. The minimum atomic E-state index is -3.72. The second kappa shape index (κ2) is 6.74. The second-order valence-corrected chi connectivity index (χ2v) is 6.97. The molecule has 0 unspecified atom stereocenters. The summed E-state index contributed by atoms with van der Waals surface area (Å²) in [5.41, 5.74) is 0.533. The van der Waals surface area contributed by atoms with Crippen molar-refractivity contribution in [2.75, 3.05) is 25.0 Å². The largest absolute Gasteiger partial charge is 0.376 e. The third kappa shape index (κ3) is 4.26. The number of amides is 1. The standard InChI is InChI=1S/C14H21N3O4S/c1-10-9-17(7-8-21-10)11(2)14(18)16-12-3-5-13(6-4-12)22(15,19)20/h3-6,10-11H,7-9H2,1-2H3,(H,16,18)(H2,15,19,20)/t10-,11-/m0/s1. The highest BCUT2D eigenvalue weighted by Gasteiger charge is 2.26. The average Bonchev–Trinajstić information content (AvgIpc) is 2.46. The third-order valence-corrected chi connectivity index (χ3v) is 4.58. The van der Waals surface area contributed by atoms with Gasteiger partial charge in [-0.05, 0) is 38.1 Å². The van der Waals surface area contributed by atoms with E-state index >= 15 is 0 Å². The van der Waals surface area contributed by atoms with E-state index in [-0.39, 0.29) is 22.9 Å². The van der Waals surface area contributed by atoms with Gasteiger partial charge in [-0.25, -0.2) is 13.6 Å². The molecule has 1 saturated heterocycles. The third-order valence-electron chi connectivity index (χ3n) is 3.65. The number of ether oxygens (including phenoxy) is 1. The van der Waals surface area contributed by atoms with E-state index in [4.69, 9.17) is 9.88 Å². The molecule has 0 radical (unpaired) electrons. The van der Waals surface area contributed by atoms with Crippen molar-refractivity contribution < 1.29 is 17.9 Å². The monoisotopic (exact) mass is 327 g/mol. The molecule has 0 aromatic heterocycles. The van der Waals surface area contributed by atoms with Crippen molar-refractivity contribution in [2.45, 2.75) is 30.9 Å². The number of anilines is 1. The summed E-state index contributed by atoms with van der Waals surface area (Å²) in [6.07, 6.45) is 0.109. The molecule has 0 aliphatic carbocycles. The predicted octanol–water partition coefficient (Wildman–Crippen LogP) is 0.382. The first-order valence-corrected chi connectivity index (χ1v) is 8.61. The van der Waals surface area contributed by atoms with Crippen LogP contribution in [-0.2, 0) is 19.6 Å². The van der Waals surface area contributed by atoms with Crippen molar-refractivity contribution in [3.63, 3.8) is 0 Å². The number of hydrogen-bond donors (Lipinski definition) is 2. The van der Waals surface area contributed by atoms with Crippen molar-refractivity contribution in [1.29, 1.82) is 0 Å². The van der Waals surface area contributed by atoms with Gasteiger partial charge in [-0.1, -0.05) is 0 Å². The van der Waals surface area contributed by atoms with Gasteiger partial charge in [-0.15, -0.1) is 0 Å². The predicted molar refractivity (Wildman–Crippen MR) is 82.9 cm³/mol. The Morgan fingerprint density at radius 1 is 1.41 bits per heavy atom. The van der Waals surface area contributed by atoms with Crippen molar-refractivity contribution in [3.05, 3.63) is 24.3 Å². The molecule has 0 spiro atoms. The Kier molecular flexibility index (Phi) is 5.17. The van der Waals surface area contributed by atoms with Gasteiger partial charge in [-0.3, -0.25) is 9.69 Å². The lowest BCUT2D eigenvalue weighted by Gasteiger charge is -2.34. The summed E-state index contributed by atoms with van der Waals surface area (Å²) in [5.74, 6) is -0.141. The summed E-state index contributed by atoms with van der Waals surface area (Å²) in [5, 5.41) is 7.81. The number of morpholine rings is 1. The zero-order valence-electron chi connectivity index (χ0n) is 12.7. The van der Waals surface area contributed by atoms with Crippen molar-refractivity contribution >= 4 is 21.6 Å². The lowest BCUT2D eigenvalue weighted by Crippen LogP contribution is -2.50. The van der Waals surface area contributed by atoms with Crippen LogP contribution < -0.4 is 10.5 Å². The molecule has 1 heterocycles. The van der Waals surface area contributed by atoms with Crippen LogP contribution >= 0.6 is 0 Å². The number of nitrogens with zero attached hydrogens (tertiary/aromatic N) is 1. The highest BCUT2D eigenvalue weighted by molar-refractivity contribution is 7.89. The zero-order valence-corrected chi connectivity index (χ0v) is 13.5. The first kappa shape index (κ1) is 16.9. The van der Waals surface area contributed by atoms with Crippen molar-refractivity contribution in [2.24, 2.45) is 5.14 Å². The Balaban J connectivity index is 1.99. The smallest absolute Gasteiger partial charge is 0.241 e. The van der Waals surface area contributed by atoms with Gasteiger partial charge in [0.05, 0.1) is 23.6 Å². The van der Waals surface area contributed by atoms with Gasteiger partial charge in [-0.2, -0.15) is 0 Å². The van der Waals surface area contributed by atoms with Gasteiger partial charge in [0.2, 0.25) is 15.9 Å². The van der Waals surface area contributed by atoms with Crippen LogP contribution in [0.15, 0.2) is 29.2 Å². The van der Waals surface area contributed by atoms with Crippen LogP contribution in [0, 0.1) is 0 Å². The summed E-state index contributed by atoms with van der Waals surface area (Å²) in [6, 6.07) is 5.49. The Hall–Kier alpha value is -1.48. The lowest BCUT2D eigenvalue weighted by molar-refractivity contribution is -0.123. The molecule has 1 amide bonds. The molecule has 122 valence electrons. The van der Waals surface area contributed by atoms with Crippen LogP contribution in [-0.4, -0.2) is 51.1 Å². The fourth-order valence-corrected chi connectivity index (χ4v) is 2.85. The van der Waals surface area contributed by atoms with Crippen LogP contribution in [0.1, 0.15) is 13.8 Å². The quantitative estimate of drug-likeness (QED) is 0.832. The average molecular weight is 327 g/mol. The van der Waals surface area contributed by atoms with Gasteiger partial charge in [0, 0.05) is 18.8 Å². The molecular formula is C14H21N3O4S. The fourth-order valence-electron chi connectivity index (χ4n) is 2.34. The normalized spacial score (nSPS) is 21.3. The summed E-state index contributed by atoms with van der Waals surface area (Å²) in [6.45, 7) is 5.85. The van der Waals surface area contributed by atoms with Crippen molar-refractivity contribution in [1.82, 2.24) is 4.90 Å². The molecule has 7 nitrogen and oxygen atoms in total. The highest BCUT2D eigenvalue weighted by atomic mass is 32.2. The molecule has 1 aliphatic heterocycles. The number of carbonyl (C=O) groups is 1. The number of hydrogen-bond acceptors (Lipinski definition) is 5. The van der Waals surface area contributed by atoms with E-state index in [0.29, 0.717) is 25.4 Å². The van der Waals surface area contributed by atoms with Crippen LogP contribution in [0.3, 0.4) is 0 Å². The maximum atomic E-state index is 12.3. The Morgan fingerprint density at radius 2 is 2.05 bits per heavy atom. The molecule has 0 saturated carbocycles. The van der Waals surface area contributed by atoms with Gasteiger partial charge < -0.3 is 10.1 Å². The van der Waals surface area contributed by atoms with Crippen LogP contribution in [0.5, 0.6) is 0 Å².